The molecule has 7 aromatic carbocycles. The van der Waals surface area contributed by atoms with Crippen LogP contribution in [0, 0.1) is 0 Å². The second-order valence-electron chi connectivity index (χ2n) is 15.8. The minimum absolute atomic E-state index is 0.850. The van der Waals surface area contributed by atoms with Crippen molar-refractivity contribution < 1.29 is 8.83 Å². The summed E-state index contributed by atoms with van der Waals surface area (Å²) in [5.41, 5.74) is 12.8. The van der Waals surface area contributed by atoms with Crippen LogP contribution in [0.2, 0.25) is 0 Å². The van der Waals surface area contributed by atoms with E-state index in [4.69, 9.17) is 8.83 Å². The van der Waals surface area contributed by atoms with Gasteiger partial charge in [0.05, 0.1) is 42.8 Å². The summed E-state index contributed by atoms with van der Waals surface area (Å²) in [4.78, 5) is 4.74. The minimum Gasteiger partial charge on any atom is -0.454 e. The van der Waals surface area contributed by atoms with Crippen molar-refractivity contribution in [1.82, 2.24) is 9.13 Å². The maximum Gasteiger partial charge on any atom is 0.159 e. The fourth-order valence-electron chi connectivity index (χ4n) is 9.81. The van der Waals surface area contributed by atoms with Crippen molar-refractivity contribution in [2.75, 3.05) is 9.80 Å². The summed E-state index contributed by atoms with van der Waals surface area (Å²) in [6.07, 6.45) is 0. The van der Waals surface area contributed by atoms with Crippen LogP contribution in [-0.4, -0.2) is 9.13 Å². The Morgan fingerprint density at radius 3 is 1.24 bits per heavy atom. The standard InChI is InChI=1S/C54H38N4O2S2/c1-3-55-43-29-40-44(30-39(43)53-45(55)31-49(61-53)57(33-17-7-5-8-18-33)41-25-15-23-37-35-21-11-13-27-47(35)59-51(37)41)56(4-2)46-32-50(62-54(40)46)58(34-19-9-6-10-20-34)42-26-16-24-38-36-22-12-14-28-48(36)60-52(38)42/h5-32H,3-4H2,1-2H3. The predicted molar refractivity (Wildman–Crippen MR) is 263 cm³/mol. The molecule has 0 radical (unpaired) electrons. The molecule has 0 fully saturated rings. The molecular formula is C54H38N4O2S2. The molecule has 0 N–H and O–H groups in total. The van der Waals surface area contributed by atoms with Crippen LogP contribution in [0.15, 0.2) is 179 Å². The number of benzene rings is 7. The Labute approximate surface area is 364 Å². The number of rotatable bonds is 8. The van der Waals surface area contributed by atoms with Crippen LogP contribution < -0.4 is 9.80 Å². The Morgan fingerprint density at radius 2 is 0.806 bits per heavy atom. The van der Waals surface area contributed by atoms with Gasteiger partial charge in [-0.25, -0.2) is 0 Å². The second-order valence-corrected chi connectivity index (χ2v) is 17.9. The Bertz CT molecular complexity index is 3610. The van der Waals surface area contributed by atoms with E-state index in [1.807, 2.05) is 34.8 Å². The summed E-state index contributed by atoms with van der Waals surface area (Å²) >= 11 is 3.70. The largest absolute Gasteiger partial charge is 0.454 e. The number of nitrogens with zero attached hydrogens (tertiary/aromatic N) is 4. The number of furan rings is 2. The van der Waals surface area contributed by atoms with Crippen molar-refractivity contribution in [3.8, 4) is 0 Å². The lowest BCUT2D eigenvalue weighted by Crippen LogP contribution is -2.08. The Morgan fingerprint density at radius 1 is 0.403 bits per heavy atom. The van der Waals surface area contributed by atoms with Crippen molar-refractivity contribution in [2.24, 2.45) is 0 Å². The molecule has 8 heteroatoms. The Kier molecular flexibility index (Phi) is 7.80. The van der Waals surface area contributed by atoms with Gasteiger partial charge in [0, 0.05) is 56.8 Å². The molecule has 0 saturated carbocycles. The first-order valence-electron chi connectivity index (χ1n) is 21.2. The smallest absolute Gasteiger partial charge is 0.159 e. The lowest BCUT2D eigenvalue weighted by atomic mass is 10.1. The molecule has 13 aromatic rings. The quantitative estimate of drug-likeness (QED) is 0.153. The van der Waals surface area contributed by atoms with E-state index in [9.17, 15) is 0 Å². The summed E-state index contributed by atoms with van der Waals surface area (Å²) in [7, 11) is 0. The molecule has 0 bridgehead atoms. The molecule has 0 spiro atoms. The summed E-state index contributed by atoms with van der Waals surface area (Å²) in [5.74, 6) is 0. The van der Waals surface area contributed by atoms with Crippen LogP contribution in [0.5, 0.6) is 0 Å². The molecule has 0 aliphatic rings. The Balaban J connectivity index is 1.00. The van der Waals surface area contributed by atoms with Gasteiger partial charge in [-0.2, -0.15) is 0 Å². The molecule has 6 heterocycles. The maximum absolute atomic E-state index is 6.63. The molecule has 0 amide bonds. The summed E-state index contributed by atoms with van der Waals surface area (Å²) in [6, 6.07) is 60.7. The van der Waals surface area contributed by atoms with Crippen molar-refractivity contribution in [2.45, 2.75) is 26.9 Å². The lowest BCUT2D eigenvalue weighted by Gasteiger charge is -2.23. The Hall–Kier alpha value is -7.26. The molecule has 0 aliphatic heterocycles. The van der Waals surface area contributed by atoms with Gasteiger partial charge in [0.2, 0.25) is 0 Å². The molecule has 0 aliphatic carbocycles. The van der Waals surface area contributed by atoms with Gasteiger partial charge in [-0.15, -0.1) is 22.7 Å². The van der Waals surface area contributed by atoms with Crippen LogP contribution in [0.1, 0.15) is 13.8 Å². The highest BCUT2D eigenvalue weighted by molar-refractivity contribution is 7.24. The van der Waals surface area contributed by atoms with Gasteiger partial charge in [-0.1, -0.05) is 97.1 Å². The maximum atomic E-state index is 6.63. The number of para-hydroxylation sites is 6. The third kappa shape index (κ3) is 5.08. The highest BCUT2D eigenvalue weighted by Gasteiger charge is 2.26. The summed E-state index contributed by atoms with van der Waals surface area (Å²) in [5, 5.41) is 9.35. The topological polar surface area (TPSA) is 42.6 Å². The fourth-order valence-corrected chi connectivity index (χ4v) is 12.3. The third-order valence-corrected chi connectivity index (χ3v) is 14.8. The van der Waals surface area contributed by atoms with Crippen LogP contribution in [-0.2, 0) is 13.1 Å². The molecule has 0 atom stereocenters. The zero-order valence-electron chi connectivity index (χ0n) is 34.0. The monoisotopic (exact) mass is 838 g/mol. The molecule has 13 rings (SSSR count). The second kappa shape index (κ2) is 13.6. The molecule has 0 saturated heterocycles. The molecule has 62 heavy (non-hydrogen) atoms. The van der Waals surface area contributed by atoms with Gasteiger partial charge in [0.1, 0.15) is 21.2 Å². The lowest BCUT2D eigenvalue weighted by molar-refractivity contribution is 0.669. The number of hydrogen-bond donors (Lipinski definition) is 0. The SMILES string of the molecule is CCn1c2cc3c4sc(N(c5ccccc5)c5cccc6c5oc5ccccc56)cc4n(CC)c3cc2c2sc(N(c3ccccc3)c3cccc4c3oc3ccccc34)cc21. The number of hydrogen-bond acceptors (Lipinski definition) is 6. The fraction of sp³-hybridized carbons (Fsp3) is 0.0741. The average Bonchev–Trinajstić information content (AvgIpc) is 4.17. The zero-order valence-corrected chi connectivity index (χ0v) is 35.6. The average molecular weight is 839 g/mol. The molecule has 0 unspecified atom stereocenters. The number of thiophene rings is 2. The van der Waals surface area contributed by atoms with Crippen LogP contribution in [0.25, 0.3) is 86.1 Å². The zero-order chi connectivity index (χ0) is 41.1. The first kappa shape index (κ1) is 35.5. The first-order valence-corrected chi connectivity index (χ1v) is 22.8. The number of fused-ring (bicyclic) bond motifs is 12. The highest BCUT2D eigenvalue weighted by Crippen LogP contribution is 2.51. The number of anilines is 6. The highest BCUT2D eigenvalue weighted by atomic mass is 32.1. The van der Waals surface area contributed by atoms with Crippen molar-refractivity contribution in [3.05, 3.63) is 170 Å². The van der Waals surface area contributed by atoms with E-state index in [1.165, 1.54) is 42.2 Å². The number of aryl methyl sites for hydroxylation is 2. The van der Waals surface area contributed by atoms with Gasteiger partial charge >= 0.3 is 0 Å². The van der Waals surface area contributed by atoms with E-state index < -0.39 is 0 Å². The van der Waals surface area contributed by atoms with Crippen molar-refractivity contribution in [3.63, 3.8) is 0 Å². The van der Waals surface area contributed by atoms with Gasteiger partial charge in [-0.3, -0.25) is 9.80 Å². The number of aromatic nitrogens is 2. The molecule has 6 nitrogen and oxygen atoms in total. The predicted octanol–water partition coefficient (Wildman–Crippen LogP) is 16.8. The van der Waals surface area contributed by atoms with Gasteiger partial charge < -0.3 is 18.0 Å². The first-order chi connectivity index (χ1) is 30.7. The molecule has 298 valence electrons. The van der Waals surface area contributed by atoms with Gasteiger partial charge in [0.15, 0.2) is 11.2 Å². The van der Waals surface area contributed by atoms with E-state index in [0.717, 1.165) is 89.7 Å². The van der Waals surface area contributed by atoms with E-state index >= 15 is 0 Å². The minimum atomic E-state index is 0.850. The van der Waals surface area contributed by atoms with E-state index in [-0.39, 0.29) is 0 Å². The third-order valence-electron chi connectivity index (χ3n) is 12.5. The summed E-state index contributed by atoms with van der Waals surface area (Å²) in [6.45, 7) is 6.22. The van der Waals surface area contributed by atoms with Gasteiger partial charge in [0.25, 0.3) is 0 Å². The van der Waals surface area contributed by atoms with Crippen LogP contribution in [0.3, 0.4) is 0 Å². The van der Waals surface area contributed by atoms with Crippen LogP contribution >= 0.6 is 22.7 Å². The van der Waals surface area contributed by atoms with Crippen molar-refractivity contribution in [1.29, 1.82) is 0 Å². The van der Waals surface area contributed by atoms with E-state index in [1.54, 1.807) is 0 Å². The summed E-state index contributed by atoms with van der Waals surface area (Å²) < 4.78 is 20.8. The molecule has 6 aromatic heterocycles. The normalized spacial score (nSPS) is 12.2. The van der Waals surface area contributed by atoms with E-state index in [2.05, 4.69) is 191 Å². The van der Waals surface area contributed by atoms with Crippen LogP contribution in [0.4, 0.5) is 32.8 Å². The van der Waals surface area contributed by atoms with Crippen molar-refractivity contribution >= 4 is 142 Å². The molecular weight excluding hydrogens is 801 g/mol. The van der Waals surface area contributed by atoms with Gasteiger partial charge in [-0.05, 0) is 86.6 Å². The van der Waals surface area contributed by atoms with E-state index in [0.29, 0.717) is 0 Å².